The molecule has 0 radical (unpaired) electrons. The number of benzene rings is 6. The van der Waals surface area contributed by atoms with Gasteiger partial charge < -0.3 is 0 Å². The predicted octanol–water partition coefficient (Wildman–Crippen LogP) is 12.5. The normalized spacial score (nSPS) is 12.4. The standard InChI is InChI=1S/C37H23IS3/c1-4-10-32-26(7-1)29-16-13-23(19-35(29)39-32)22-38(24-14-17-30-27-8-2-5-11-33(27)40-36(30)20-24)25-15-18-31-28-9-3-6-12-34(28)41-37(31)21-25/h1-21H,22H2. The Labute approximate surface area is 256 Å². The topological polar surface area (TPSA) is 0 Å². The van der Waals surface area contributed by atoms with Crippen LogP contribution in [0.15, 0.2) is 127 Å². The second-order valence-electron chi connectivity index (χ2n) is 10.4. The van der Waals surface area contributed by atoms with Crippen molar-refractivity contribution in [1.82, 2.24) is 0 Å². The summed E-state index contributed by atoms with van der Waals surface area (Å²) in [5, 5.41) is 8.28. The molecule has 0 saturated carbocycles. The average molecular weight is 691 g/mol. The molecule has 0 bridgehead atoms. The van der Waals surface area contributed by atoms with E-state index >= 15 is 0 Å². The zero-order valence-corrected chi connectivity index (χ0v) is 26.5. The summed E-state index contributed by atoms with van der Waals surface area (Å²) in [4.78, 5) is 0. The zero-order valence-electron chi connectivity index (χ0n) is 21.9. The van der Waals surface area contributed by atoms with E-state index in [1.807, 2.05) is 34.0 Å². The van der Waals surface area contributed by atoms with Crippen LogP contribution in [0, 0.1) is 7.14 Å². The van der Waals surface area contributed by atoms with Gasteiger partial charge in [0.2, 0.25) is 0 Å². The van der Waals surface area contributed by atoms with Crippen LogP contribution >= 0.6 is 53.8 Å². The molecule has 0 nitrogen and oxygen atoms in total. The Bertz CT molecular complexity index is 2310. The number of thiophene rings is 3. The second kappa shape index (κ2) is 9.63. The van der Waals surface area contributed by atoms with Crippen LogP contribution in [-0.4, -0.2) is 0 Å². The van der Waals surface area contributed by atoms with Gasteiger partial charge in [0.1, 0.15) is 0 Å². The van der Waals surface area contributed by atoms with Crippen LogP contribution in [-0.2, 0) is 4.43 Å². The summed E-state index contributed by atoms with van der Waals surface area (Å²) in [6.45, 7) is 0. The molecule has 4 heteroatoms. The molecule has 0 amide bonds. The Morgan fingerprint density at radius 2 is 0.756 bits per heavy atom. The third kappa shape index (κ3) is 4.03. The number of hydrogen-bond donors (Lipinski definition) is 0. The van der Waals surface area contributed by atoms with Gasteiger partial charge in [0, 0.05) is 0 Å². The molecule has 0 spiro atoms. The van der Waals surface area contributed by atoms with Gasteiger partial charge in [-0.15, -0.1) is 0 Å². The Kier molecular flexibility index (Phi) is 5.71. The van der Waals surface area contributed by atoms with Crippen molar-refractivity contribution >= 4 is 114 Å². The summed E-state index contributed by atoms with van der Waals surface area (Å²) in [6, 6.07) is 48.4. The van der Waals surface area contributed by atoms with Gasteiger partial charge in [-0.05, 0) is 0 Å². The van der Waals surface area contributed by atoms with Crippen molar-refractivity contribution in [3.8, 4) is 0 Å². The summed E-state index contributed by atoms with van der Waals surface area (Å²) in [6.07, 6.45) is 0. The van der Waals surface area contributed by atoms with E-state index in [2.05, 4.69) is 127 Å². The fraction of sp³-hybridized carbons (Fsp3) is 0.0270. The van der Waals surface area contributed by atoms with Gasteiger partial charge in [-0.1, -0.05) is 0 Å². The van der Waals surface area contributed by atoms with E-state index in [9.17, 15) is 0 Å². The molecular formula is C37H23IS3. The zero-order chi connectivity index (χ0) is 26.9. The fourth-order valence-electron chi connectivity index (χ4n) is 5.97. The first kappa shape index (κ1) is 24.3. The number of alkyl halides is 1. The first-order valence-electron chi connectivity index (χ1n) is 13.7. The Morgan fingerprint density at radius 3 is 1.24 bits per heavy atom. The van der Waals surface area contributed by atoms with Crippen molar-refractivity contribution in [1.29, 1.82) is 0 Å². The van der Waals surface area contributed by atoms with Crippen molar-refractivity contribution in [2.45, 2.75) is 4.43 Å². The van der Waals surface area contributed by atoms with Gasteiger partial charge in [-0.2, -0.15) is 0 Å². The van der Waals surface area contributed by atoms with E-state index in [0.717, 1.165) is 4.43 Å². The molecule has 3 heterocycles. The van der Waals surface area contributed by atoms with E-state index in [1.54, 1.807) is 7.14 Å². The molecule has 41 heavy (non-hydrogen) atoms. The fourth-order valence-corrected chi connectivity index (χ4v) is 15.4. The van der Waals surface area contributed by atoms with Crippen molar-refractivity contribution in [2.24, 2.45) is 0 Å². The average Bonchev–Trinajstić information content (AvgIpc) is 3.69. The molecule has 0 atom stereocenters. The van der Waals surface area contributed by atoms with Crippen molar-refractivity contribution in [3.05, 3.63) is 140 Å². The van der Waals surface area contributed by atoms with E-state index < -0.39 is 19.8 Å². The molecule has 0 unspecified atom stereocenters. The summed E-state index contributed by atoms with van der Waals surface area (Å²) in [5.74, 6) is 0. The molecule has 0 saturated heterocycles. The van der Waals surface area contributed by atoms with E-state index in [4.69, 9.17) is 0 Å². The first-order valence-corrected chi connectivity index (χ1v) is 19.8. The molecule has 196 valence electrons. The number of rotatable bonds is 4. The van der Waals surface area contributed by atoms with Gasteiger partial charge in [0.05, 0.1) is 0 Å². The van der Waals surface area contributed by atoms with Crippen LogP contribution in [0.4, 0.5) is 0 Å². The molecule has 0 N–H and O–H groups in total. The minimum absolute atomic E-state index is 1.13. The Balaban J connectivity index is 1.21. The van der Waals surface area contributed by atoms with E-state index in [0.29, 0.717) is 0 Å². The molecule has 3 aromatic heterocycles. The monoisotopic (exact) mass is 690 g/mol. The summed E-state index contributed by atoms with van der Waals surface area (Å²) < 4.78 is 12.6. The molecular weight excluding hydrogens is 668 g/mol. The molecule has 0 aliphatic carbocycles. The van der Waals surface area contributed by atoms with Gasteiger partial charge in [0.15, 0.2) is 0 Å². The SMILES string of the molecule is c1ccc2c(c1)sc1cc(CI(c3ccc4c(c3)sc3ccccc34)c3ccc4c(c3)sc3ccccc34)ccc12. The summed E-state index contributed by atoms with van der Waals surface area (Å²) >= 11 is 3.97. The molecule has 0 aliphatic heterocycles. The molecule has 9 rings (SSSR count). The molecule has 6 aromatic carbocycles. The van der Waals surface area contributed by atoms with Crippen LogP contribution < -0.4 is 0 Å². The predicted molar refractivity (Wildman–Crippen MR) is 193 cm³/mol. The van der Waals surface area contributed by atoms with Crippen molar-refractivity contribution < 1.29 is 0 Å². The van der Waals surface area contributed by atoms with Crippen molar-refractivity contribution in [3.63, 3.8) is 0 Å². The van der Waals surface area contributed by atoms with Gasteiger partial charge in [-0.25, -0.2) is 0 Å². The van der Waals surface area contributed by atoms with E-state index in [-0.39, 0.29) is 0 Å². The van der Waals surface area contributed by atoms with Crippen molar-refractivity contribution in [2.75, 3.05) is 0 Å². The van der Waals surface area contributed by atoms with Crippen LogP contribution in [0.2, 0.25) is 0 Å². The quantitative estimate of drug-likeness (QED) is 0.127. The third-order valence-corrected chi connectivity index (χ3v) is 17.3. The van der Waals surface area contributed by atoms with Gasteiger partial charge in [0.25, 0.3) is 0 Å². The summed E-state index contributed by atoms with van der Waals surface area (Å²) in [5.41, 5.74) is 1.46. The van der Waals surface area contributed by atoms with Crippen LogP contribution in [0.1, 0.15) is 5.56 Å². The first-order chi connectivity index (χ1) is 20.3. The number of halogens is 1. The minimum atomic E-state index is -1.82. The number of fused-ring (bicyclic) bond motifs is 9. The van der Waals surface area contributed by atoms with Crippen LogP contribution in [0.25, 0.3) is 60.5 Å². The van der Waals surface area contributed by atoms with Crippen LogP contribution in [0.5, 0.6) is 0 Å². The Morgan fingerprint density at radius 1 is 0.366 bits per heavy atom. The van der Waals surface area contributed by atoms with Crippen LogP contribution in [0.3, 0.4) is 0 Å². The van der Waals surface area contributed by atoms with Gasteiger partial charge in [-0.3, -0.25) is 0 Å². The third-order valence-electron chi connectivity index (χ3n) is 7.94. The van der Waals surface area contributed by atoms with E-state index in [1.165, 1.54) is 66.1 Å². The number of hydrogen-bond acceptors (Lipinski definition) is 3. The molecule has 0 aliphatic rings. The maximum atomic E-state index is 2.53. The maximum absolute atomic E-state index is 2.53. The van der Waals surface area contributed by atoms with Gasteiger partial charge >= 0.3 is 259 Å². The Hall–Kier alpha value is -3.29. The summed E-state index contributed by atoms with van der Waals surface area (Å²) in [7, 11) is 0. The second-order valence-corrected chi connectivity index (χ2v) is 19.0. The molecule has 0 fully saturated rings. The molecule has 9 aromatic rings.